The molecule has 37 heavy (non-hydrogen) atoms. The molecule has 2 saturated heterocycles. The number of nitrogens with zero attached hydrogens (tertiary/aromatic N) is 2. The number of hydrogen-bond donors (Lipinski definition) is 2. The largest absolute Gasteiger partial charge is 0.379 e. The van der Waals surface area contributed by atoms with Gasteiger partial charge in [-0.2, -0.15) is 0 Å². The summed E-state index contributed by atoms with van der Waals surface area (Å²) in [5.74, 6) is -1.20. The molecule has 1 unspecified atom stereocenters. The number of piperidine rings is 1. The minimum Gasteiger partial charge on any atom is -0.379 e. The normalized spacial score (nSPS) is 20.1. The first-order valence-electron chi connectivity index (χ1n) is 12.5. The molecule has 194 valence electrons. The molecular weight excluding hydrogens is 496 g/mol. The summed E-state index contributed by atoms with van der Waals surface area (Å²) in [6, 6.07) is 10.1. The van der Waals surface area contributed by atoms with E-state index in [1.807, 2.05) is 18.2 Å². The lowest BCUT2D eigenvalue weighted by Gasteiger charge is -2.29. The first-order chi connectivity index (χ1) is 17.9. The molecule has 5 rings (SSSR count). The zero-order chi connectivity index (χ0) is 25.9. The van der Waals surface area contributed by atoms with Crippen LogP contribution in [0.5, 0.6) is 0 Å². The number of rotatable bonds is 7. The van der Waals surface area contributed by atoms with Gasteiger partial charge < -0.3 is 15.0 Å². The topological polar surface area (TPSA) is 108 Å². The summed E-state index contributed by atoms with van der Waals surface area (Å²) < 4.78 is 5.39. The Hall–Kier alpha value is -3.27. The predicted molar refractivity (Wildman–Crippen MR) is 136 cm³/mol. The molecule has 0 spiro atoms. The van der Waals surface area contributed by atoms with Crippen LogP contribution in [0.4, 0.5) is 0 Å². The van der Waals surface area contributed by atoms with Crippen molar-refractivity contribution in [1.82, 2.24) is 20.4 Å². The number of hydrogen-bond acceptors (Lipinski definition) is 6. The van der Waals surface area contributed by atoms with Crippen molar-refractivity contribution in [3.8, 4) is 0 Å². The lowest BCUT2D eigenvalue weighted by molar-refractivity contribution is -0.136. The number of fused-ring (bicyclic) bond motifs is 1. The van der Waals surface area contributed by atoms with Crippen LogP contribution in [0.15, 0.2) is 36.4 Å². The summed E-state index contributed by atoms with van der Waals surface area (Å²) in [5.41, 5.74) is 3.59. The molecule has 2 N–H and O–H groups in total. The Kier molecular flexibility index (Phi) is 7.55. The average Bonchev–Trinajstić information content (AvgIpc) is 3.22. The average molecular weight is 525 g/mol. The van der Waals surface area contributed by atoms with Crippen molar-refractivity contribution in [2.75, 3.05) is 32.8 Å². The van der Waals surface area contributed by atoms with Gasteiger partial charge in [0.15, 0.2) is 0 Å². The van der Waals surface area contributed by atoms with Gasteiger partial charge >= 0.3 is 0 Å². The number of benzene rings is 2. The zero-order valence-corrected chi connectivity index (χ0v) is 21.2. The van der Waals surface area contributed by atoms with Gasteiger partial charge in [-0.05, 0) is 53.8 Å². The van der Waals surface area contributed by atoms with E-state index in [4.69, 9.17) is 16.3 Å². The molecule has 3 aliphatic heterocycles. The van der Waals surface area contributed by atoms with Crippen molar-refractivity contribution < 1.29 is 23.9 Å². The molecule has 4 amide bonds. The summed E-state index contributed by atoms with van der Waals surface area (Å²) in [4.78, 5) is 53.5. The maximum Gasteiger partial charge on any atom is 0.255 e. The Morgan fingerprint density at radius 3 is 2.70 bits per heavy atom. The predicted octanol–water partition coefficient (Wildman–Crippen LogP) is 1.91. The van der Waals surface area contributed by atoms with Crippen LogP contribution in [0.2, 0.25) is 5.02 Å². The summed E-state index contributed by atoms with van der Waals surface area (Å²) in [6.45, 7) is 4.69. The third-order valence-corrected chi connectivity index (χ3v) is 7.52. The number of halogens is 1. The van der Waals surface area contributed by atoms with Crippen molar-refractivity contribution in [3.63, 3.8) is 0 Å². The molecule has 0 bridgehead atoms. The fourth-order valence-corrected chi connectivity index (χ4v) is 5.22. The molecule has 0 aliphatic carbocycles. The molecule has 3 aliphatic rings. The highest BCUT2D eigenvalue weighted by molar-refractivity contribution is 6.31. The third kappa shape index (κ3) is 5.69. The van der Waals surface area contributed by atoms with E-state index in [0.717, 1.165) is 56.0 Å². The second-order valence-electron chi connectivity index (χ2n) is 9.58. The van der Waals surface area contributed by atoms with Gasteiger partial charge in [-0.3, -0.25) is 29.4 Å². The van der Waals surface area contributed by atoms with Crippen molar-refractivity contribution >= 4 is 35.2 Å². The molecule has 9 nitrogen and oxygen atoms in total. The van der Waals surface area contributed by atoms with Crippen LogP contribution in [-0.4, -0.2) is 72.3 Å². The Labute approximate surface area is 220 Å². The molecule has 0 aromatic heterocycles. The first-order valence-corrected chi connectivity index (χ1v) is 12.9. The second-order valence-corrected chi connectivity index (χ2v) is 9.99. The van der Waals surface area contributed by atoms with E-state index in [1.54, 1.807) is 18.2 Å². The molecule has 2 fully saturated rings. The number of ether oxygens (including phenoxy) is 1. The van der Waals surface area contributed by atoms with Gasteiger partial charge in [0.25, 0.3) is 11.8 Å². The molecule has 10 heteroatoms. The highest BCUT2D eigenvalue weighted by Gasteiger charge is 2.39. The number of imide groups is 1. The molecule has 1 atom stereocenters. The van der Waals surface area contributed by atoms with Gasteiger partial charge in [0.2, 0.25) is 11.8 Å². The Morgan fingerprint density at radius 2 is 1.92 bits per heavy atom. The lowest BCUT2D eigenvalue weighted by Crippen LogP contribution is -2.52. The second kappa shape index (κ2) is 11.0. The molecule has 3 heterocycles. The minimum absolute atomic E-state index is 0.216. The quantitative estimate of drug-likeness (QED) is 0.536. The Balaban J connectivity index is 1.20. The van der Waals surface area contributed by atoms with E-state index in [2.05, 4.69) is 15.5 Å². The van der Waals surface area contributed by atoms with Crippen molar-refractivity contribution in [3.05, 3.63) is 69.2 Å². The number of nitrogens with one attached hydrogen (secondary N) is 2. The van der Waals surface area contributed by atoms with Crippen LogP contribution in [0, 0.1) is 0 Å². The molecule has 2 aromatic rings. The standard InChI is InChI=1S/C27H29ClN4O5/c28-22-4-3-19(14-18(22)7-8-31-9-11-37-12-10-31)25(34)29-15-17-1-2-20-16-32(27(36)21(20)13-17)23-5-6-24(33)30-26(23)35/h1-4,13-14,23H,5-12,15-16H2,(H,29,34)(H,30,33,35). The van der Waals surface area contributed by atoms with Gasteiger partial charge in [0.05, 0.1) is 13.2 Å². The summed E-state index contributed by atoms with van der Waals surface area (Å²) in [6.07, 6.45) is 1.28. The van der Waals surface area contributed by atoms with Crippen molar-refractivity contribution in [1.29, 1.82) is 0 Å². The molecular formula is C27H29ClN4O5. The van der Waals surface area contributed by atoms with Crippen LogP contribution in [-0.2, 0) is 33.8 Å². The number of carbonyl (C=O) groups is 4. The van der Waals surface area contributed by atoms with Crippen LogP contribution in [0.25, 0.3) is 0 Å². The van der Waals surface area contributed by atoms with Crippen LogP contribution in [0.1, 0.15) is 50.2 Å². The Bertz CT molecular complexity index is 1240. The van der Waals surface area contributed by atoms with E-state index in [0.29, 0.717) is 29.1 Å². The molecule has 2 aromatic carbocycles. The fourth-order valence-electron chi connectivity index (χ4n) is 5.01. The van der Waals surface area contributed by atoms with Gasteiger partial charge in [0, 0.05) is 55.3 Å². The summed E-state index contributed by atoms with van der Waals surface area (Å²) in [5, 5.41) is 5.88. The maximum absolute atomic E-state index is 13.0. The SMILES string of the molecule is O=C1CCC(N2Cc3ccc(CNC(=O)c4ccc(Cl)c(CCN5CCOCC5)c4)cc3C2=O)C(=O)N1. The third-order valence-electron chi connectivity index (χ3n) is 7.15. The molecule has 0 saturated carbocycles. The van der Waals surface area contributed by atoms with Gasteiger partial charge in [-0.1, -0.05) is 23.7 Å². The highest BCUT2D eigenvalue weighted by atomic mass is 35.5. The first kappa shape index (κ1) is 25.4. The number of morpholine rings is 1. The van der Waals surface area contributed by atoms with Gasteiger partial charge in [-0.25, -0.2) is 0 Å². The number of carbonyl (C=O) groups excluding carboxylic acids is 4. The van der Waals surface area contributed by atoms with Crippen molar-refractivity contribution in [2.45, 2.75) is 38.4 Å². The van der Waals surface area contributed by atoms with Gasteiger partial charge in [0.1, 0.15) is 6.04 Å². The van der Waals surface area contributed by atoms with Crippen LogP contribution in [0.3, 0.4) is 0 Å². The minimum atomic E-state index is -0.650. The number of amides is 4. The smallest absolute Gasteiger partial charge is 0.255 e. The fraction of sp³-hybridized carbons (Fsp3) is 0.407. The molecule has 0 radical (unpaired) electrons. The zero-order valence-electron chi connectivity index (χ0n) is 20.4. The van der Waals surface area contributed by atoms with Crippen LogP contribution < -0.4 is 10.6 Å². The lowest BCUT2D eigenvalue weighted by atomic mass is 10.0. The van der Waals surface area contributed by atoms with Crippen molar-refractivity contribution in [2.24, 2.45) is 0 Å². The van der Waals surface area contributed by atoms with Crippen LogP contribution >= 0.6 is 11.6 Å². The van der Waals surface area contributed by atoms with E-state index in [-0.39, 0.29) is 30.7 Å². The monoisotopic (exact) mass is 524 g/mol. The summed E-state index contributed by atoms with van der Waals surface area (Å²) in [7, 11) is 0. The Morgan fingerprint density at radius 1 is 1.11 bits per heavy atom. The van der Waals surface area contributed by atoms with E-state index in [1.165, 1.54) is 4.90 Å². The van der Waals surface area contributed by atoms with E-state index >= 15 is 0 Å². The summed E-state index contributed by atoms with van der Waals surface area (Å²) >= 11 is 6.39. The highest BCUT2D eigenvalue weighted by Crippen LogP contribution is 2.28. The van der Waals surface area contributed by atoms with Gasteiger partial charge in [-0.15, -0.1) is 0 Å². The van der Waals surface area contributed by atoms with E-state index in [9.17, 15) is 19.2 Å². The maximum atomic E-state index is 13.0. The van der Waals surface area contributed by atoms with E-state index < -0.39 is 11.9 Å².